The molecule has 3 N–H and O–H groups in total. The van der Waals surface area contributed by atoms with Crippen molar-refractivity contribution in [2.24, 2.45) is 0 Å². The summed E-state index contributed by atoms with van der Waals surface area (Å²) in [5.41, 5.74) is 1.60. The zero-order chi connectivity index (χ0) is 26.8. The minimum Gasteiger partial charge on any atom is -0.436 e. The van der Waals surface area contributed by atoms with Gasteiger partial charge in [-0.25, -0.2) is 8.78 Å². The lowest BCUT2D eigenvalue weighted by atomic mass is 10.2. The maximum atomic E-state index is 15.3. The van der Waals surface area contributed by atoms with Gasteiger partial charge in [-0.2, -0.15) is 15.1 Å². The van der Waals surface area contributed by atoms with E-state index in [2.05, 4.69) is 35.4 Å². The van der Waals surface area contributed by atoms with Crippen LogP contribution in [0.3, 0.4) is 0 Å². The Balaban J connectivity index is 1.50. The average molecular weight is 539 g/mol. The molecule has 5 aromatic rings. The highest BCUT2D eigenvalue weighted by molar-refractivity contribution is 7.13. The maximum Gasteiger partial charge on any atom is 0.230 e. The molecule has 0 atom stereocenters. The van der Waals surface area contributed by atoms with Gasteiger partial charge in [-0.15, -0.1) is 11.3 Å². The third-order valence-electron chi connectivity index (χ3n) is 5.91. The molecule has 198 valence electrons. The number of hydrogen-bond donors (Lipinski definition) is 3. The number of aromatic nitrogens is 5. The first kappa shape index (κ1) is 25.6. The molecule has 12 heteroatoms. The molecule has 0 unspecified atom stereocenters. The molecule has 0 saturated carbocycles. The Bertz CT molecular complexity index is 1550. The van der Waals surface area contributed by atoms with E-state index in [0.29, 0.717) is 36.4 Å². The van der Waals surface area contributed by atoms with Gasteiger partial charge in [0.1, 0.15) is 5.82 Å². The van der Waals surface area contributed by atoms with E-state index in [1.165, 1.54) is 6.07 Å². The van der Waals surface area contributed by atoms with Crippen LogP contribution in [0.5, 0.6) is 11.6 Å². The molecule has 4 aromatic heterocycles. The number of nitrogens with zero attached hydrogens (tertiary/aromatic N) is 5. The number of likely N-dealkylation sites (N-methyl/N-ethyl adjacent to an activating group) is 2. The Morgan fingerprint density at radius 3 is 2.66 bits per heavy atom. The van der Waals surface area contributed by atoms with Crippen LogP contribution in [0.4, 0.5) is 26.4 Å². The minimum atomic E-state index is -0.673. The number of ether oxygens (including phenoxy) is 1. The summed E-state index contributed by atoms with van der Waals surface area (Å²) in [6.07, 6.45) is 0. The van der Waals surface area contributed by atoms with Crippen molar-refractivity contribution in [3.8, 4) is 22.2 Å². The molecule has 0 aliphatic heterocycles. The summed E-state index contributed by atoms with van der Waals surface area (Å²) in [6, 6.07) is 9.93. The molecule has 0 amide bonds. The number of fused-ring (bicyclic) bond motifs is 1. The van der Waals surface area contributed by atoms with E-state index >= 15 is 4.39 Å². The Kier molecular flexibility index (Phi) is 7.25. The second-order valence-electron chi connectivity index (χ2n) is 9.06. The zero-order valence-corrected chi connectivity index (χ0v) is 22.3. The molecule has 0 radical (unpaired) electrons. The van der Waals surface area contributed by atoms with E-state index < -0.39 is 11.6 Å². The number of benzene rings is 1. The largest absolute Gasteiger partial charge is 0.436 e. The fraction of sp³-hybridized carbons (Fsp3) is 0.269. The van der Waals surface area contributed by atoms with Gasteiger partial charge >= 0.3 is 0 Å². The Hall–Kier alpha value is -4.03. The van der Waals surface area contributed by atoms with E-state index in [9.17, 15) is 4.39 Å². The number of nitrogens with one attached hydrogen (secondary N) is 3. The molecule has 0 saturated heterocycles. The molecule has 5 rings (SSSR count). The lowest BCUT2D eigenvalue weighted by Crippen LogP contribution is -2.32. The van der Waals surface area contributed by atoms with Gasteiger partial charge in [-0.1, -0.05) is 6.07 Å². The molecule has 0 aliphatic carbocycles. The first-order valence-corrected chi connectivity index (χ1v) is 13.0. The van der Waals surface area contributed by atoms with Gasteiger partial charge < -0.3 is 24.8 Å². The first-order valence-electron chi connectivity index (χ1n) is 12.1. The molecular formula is C26H28F2N8OS. The molecule has 4 heterocycles. The Morgan fingerprint density at radius 1 is 1.08 bits per heavy atom. The van der Waals surface area contributed by atoms with Gasteiger partial charge in [0.15, 0.2) is 23.2 Å². The molecule has 0 spiro atoms. The summed E-state index contributed by atoms with van der Waals surface area (Å²) >= 11 is 1.60. The number of H-pyrrole nitrogens is 2. The van der Waals surface area contributed by atoms with Crippen LogP contribution in [0, 0.1) is 18.6 Å². The molecule has 9 nitrogen and oxygen atoms in total. The smallest absolute Gasteiger partial charge is 0.230 e. The number of aromatic amines is 2. The molecular weight excluding hydrogens is 510 g/mol. The second kappa shape index (κ2) is 10.8. The van der Waals surface area contributed by atoms with Crippen LogP contribution < -0.4 is 15.0 Å². The van der Waals surface area contributed by atoms with Crippen LogP contribution in [-0.4, -0.2) is 63.8 Å². The molecule has 1 aromatic carbocycles. The fourth-order valence-electron chi connectivity index (χ4n) is 3.99. The second-order valence-corrected chi connectivity index (χ2v) is 10.0. The van der Waals surface area contributed by atoms with E-state index in [4.69, 9.17) is 4.74 Å². The van der Waals surface area contributed by atoms with E-state index in [0.717, 1.165) is 23.2 Å². The number of anilines is 3. The van der Waals surface area contributed by atoms with Gasteiger partial charge in [0.05, 0.1) is 16.1 Å². The lowest BCUT2D eigenvalue weighted by Gasteiger charge is -2.23. The van der Waals surface area contributed by atoms with Crippen molar-refractivity contribution in [1.29, 1.82) is 0 Å². The first-order chi connectivity index (χ1) is 18.3. The SMILES string of the molecule is CCN(CCN(C)C)c1nc(Nc2cc(-c3cccs3)[nH]n2)cc(Oc2cc(F)c3[nH]c(C)cc3c2F)n1. The maximum absolute atomic E-state index is 15.3. The summed E-state index contributed by atoms with van der Waals surface area (Å²) in [5, 5.41) is 12.6. The Morgan fingerprint density at radius 2 is 1.92 bits per heavy atom. The summed E-state index contributed by atoms with van der Waals surface area (Å²) in [4.78, 5) is 17.1. The van der Waals surface area contributed by atoms with Gasteiger partial charge in [-0.05, 0) is 45.5 Å². The number of hydrogen-bond acceptors (Lipinski definition) is 8. The lowest BCUT2D eigenvalue weighted by molar-refractivity contribution is 0.410. The van der Waals surface area contributed by atoms with Crippen LogP contribution in [0.15, 0.2) is 41.8 Å². The highest BCUT2D eigenvalue weighted by Gasteiger charge is 2.19. The number of aryl methyl sites for hydroxylation is 1. The van der Waals surface area contributed by atoms with Crippen LogP contribution >= 0.6 is 11.3 Å². The molecule has 0 aliphatic rings. The van der Waals surface area contributed by atoms with Crippen molar-refractivity contribution < 1.29 is 13.5 Å². The summed E-state index contributed by atoms with van der Waals surface area (Å²) in [5.74, 6) is -0.147. The van der Waals surface area contributed by atoms with E-state index in [1.54, 1.807) is 24.3 Å². The van der Waals surface area contributed by atoms with Gasteiger partial charge in [0.25, 0.3) is 0 Å². The Labute approximate surface area is 222 Å². The van der Waals surface area contributed by atoms with Crippen molar-refractivity contribution in [1.82, 2.24) is 30.0 Å². The quantitative estimate of drug-likeness (QED) is 0.203. The third kappa shape index (κ3) is 5.46. The zero-order valence-electron chi connectivity index (χ0n) is 21.5. The van der Waals surface area contributed by atoms with Crippen LogP contribution in [0.25, 0.3) is 21.5 Å². The van der Waals surface area contributed by atoms with Crippen molar-refractivity contribution in [3.05, 3.63) is 59.1 Å². The van der Waals surface area contributed by atoms with Gasteiger partial charge in [0, 0.05) is 48.9 Å². The summed E-state index contributed by atoms with van der Waals surface area (Å²) in [7, 11) is 3.97. The van der Waals surface area contributed by atoms with Crippen LogP contribution in [0.1, 0.15) is 12.6 Å². The van der Waals surface area contributed by atoms with Crippen molar-refractivity contribution in [2.75, 3.05) is 43.9 Å². The highest BCUT2D eigenvalue weighted by Crippen LogP contribution is 2.34. The third-order valence-corrected chi connectivity index (χ3v) is 6.81. The van der Waals surface area contributed by atoms with Gasteiger partial charge in [-0.3, -0.25) is 5.10 Å². The standard InChI is InChI=1S/C26H28F2N8OS/c1-5-36(9-8-35(3)4)26-31-21(30-22-13-18(33-34-22)20-7-6-10-38-20)14-23(32-26)37-19-12-17(27)25-16(24(19)28)11-15(2)29-25/h6-7,10-14,29H,5,8-9H2,1-4H3,(H2,30,31,32,33,34). The van der Waals surface area contributed by atoms with Crippen molar-refractivity contribution in [2.45, 2.75) is 13.8 Å². The van der Waals surface area contributed by atoms with Crippen LogP contribution in [-0.2, 0) is 0 Å². The number of thiophene rings is 1. The monoisotopic (exact) mass is 538 g/mol. The van der Waals surface area contributed by atoms with Gasteiger partial charge in [0.2, 0.25) is 11.8 Å². The number of rotatable bonds is 10. The van der Waals surface area contributed by atoms with E-state index in [1.807, 2.05) is 49.5 Å². The predicted molar refractivity (Wildman–Crippen MR) is 147 cm³/mol. The minimum absolute atomic E-state index is 0.0692. The molecule has 38 heavy (non-hydrogen) atoms. The summed E-state index contributed by atoms with van der Waals surface area (Å²) < 4.78 is 35.8. The average Bonchev–Trinajstić information content (AvgIpc) is 3.64. The van der Waals surface area contributed by atoms with Crippen molar-refractivity contribution in [3.63, 3.8) is 0 Å². The fourth-order valence-corrected chi connectivity index (χ4v) is 4.68. The molecule has 0 fully saturated rings. The normalized spacial score (nSPS) is 11.4. The highest BCUT2D eigenvalue weighted by atomic mass is 32.1. The van der Waals surface area contributed by atoms with E-state index in [-0.39, 0.29) is 22.5 Å². The molecule has 0 bridgehead atoms. The summed E-state index contributed by atoms with van der Waals surface area (Å²) in [6.45, 7) is 5.81. The topological polar surface area (TPSA) is 98.0 Å². The van der Waals surface area contributed by atoms with Crippen LogP contribution in [0.2, 0.25) is 0 Å². The predicted octanol–water partition coefficient (Wildman–Crippen LogP) is 5.92. The van der Waals surface area contributed by atoms with Crippen molar-refractivity contribution >= 4 is 39.8 Å². The number of halogens is 2.